The number of rotatable bonds is 4. The molecule has 3 heterocycles. The first-order valence-corrected chi connectivity index (χ1v) is 9.18. The Morgan fingerprint density at radius 3 is 2.85 bits per heavy atom. The van der Waals surface area contributed by atoms with Crippen molar-refractivity contribution < 1.29 is 4.79 Å². The molecule has 3 aromatic rings. The van der Waals surface area contributed by atoms with E-state index in [0.717, 1.165) is 36.5 Å². The fraction of sp³-hybridized carbons (Fsp3) is 0.263. The second-order valence-corrected chi connectivity index (χ2v) is 6.99. The summed E-state index contributed by atoms with van der Waals surface area (Å²) >= 11 is 5.87. The summed E-state index contributed by atoms with van der Waals surface area (Å²) in [5.41, 5.74) is 7.88. The molecule has 1 fully saturated rings. The number of nitrogens with one attached hydrogen (secondary N) is 1. The summed E-state index contributed by atoms with van der Waals surface area (Å²) in [7, 11) is 0. The fourth-order valence-corrected chi connectivity index (χ4v) is 3.62. The van der Waals surface area contributed by atoms with E-state index in [-0.39, 0.29) is 11.1 Å². The van der Waals surface area contributed by atoms with Crippen LogP contribution in [0.3, 0.4) is 0 Å². The molecule has 1 aliphatic heterocycles. The third-order valence-corrected chi connectivity index (χ3v) is 4.98. The van der Waals surface area contributed by atoms with Gasteiger partial charge in [0.1, 0.15) is 5.82 Å². The maximum Gasteiger partial charge on any atom is 0.252 e. The third-order valence-electron chi connectivity index (χ3n) is 4.80. The molecule has 0 saturated carbocycles. The molecule has 27 heavy (non-hydrogen) atoms. The molecule has 2 aromatic heterocycles. The first-order chi connectivity index (χ1) is 13.1. The summed E-state index contributed by atoms with van der Waals surface area (Å²) in [6, 6.07) is 11.6. The summed E-state index contributed by atoms with van der Waals surface area (Å²) < 4.78 is 0. The van der Waals surface area contributed by atoms with E-state index in [2.05, 4.69) is 20.2 Å². The first kappa shape index (κ1) is 17.5. The Hall–Kier alpha value is -2.93. The highest BCUT2D eigenvalue weighted by molar-refractivity contribution is 6.29. The lowest BCUT2D eigenvalue weighted by Gasteiger charge is -2.33. The SMILES string of the molecule is NC(=O)c1cc(Cl)nnc1N1CCCC(c2ncc(-c3ccccc3)[nH]2)C1. The predicted molar refractivity (Wildman–Crippen MR) is 104 cm³/mol. The van der Waals surface area contributed by atoms with Gasteiger partial charge in [0.25, 0.3) is 5.91 Å². The van der Waals surface area contributed by atoms with Gasteiger partial charge in [0, 0.05) is 19.0 Å². The van der Waals surface area contributed by atoms with Crippen molar-refractivity contribution in [2.45, 2.75) is 18.8 Å². The number of carbonyl (C=O) groups is 1. The van der Waals surface area contributed by atoms with E-state index in [1.807, 2.05) is 41.4 Å². The number of piperidine rings is 1. The van der Waals surface area contributed by atoms with E-state index in [1.54, 1.807) is 0 Å². The number of H-pyrrole nitrogens is 1. The number of benzene rings is 1. The maximum absolute atomic E-state index is 11.8. The molecular formula is C19H19ClN6O. The quantitative estimate of drug-likeness (QED) is 0.722. The van der Waals surface area contributed by atoms with E-state index in [1.165, 1.54) is 6.07 Å². The minimum Gasteiger partial charge on any atom is -0.365 e. The van der Waals surface area contributed by atoms with Crippen LogP contribution in [0.5, 0.6) is 0 Å². The molecule has 138 valence electrons. The monoisotopic (exact) mass is 382 g/mol. The average Bonchev–Trinajstić information content (AvgIpc) is 3.19. The van der Waals surface area contributed by atoms with Crippen LogP contribution in [0.25, 0.3) is 11.3 Å². The summed E-state index contributed by atoms with van der Waals surface area (Å²) in [6.07, 6.45) is 3.82. The normalized spacial score (nSPS) is 17.1. The number of nitrogens with zero attached hydrogens (tertiary/aromatic N) is 4. The average molecular weight is 383 g/mol. The van der Waals surface area contributed by atoms with Gasteiger partial charge in [-0.05, 0) is 24.5 Å². The Morgan fingerprint density at radius 1 is 1.26 bits per heavy atom. The molecule has 0 bridgehead atoms. The highest BCUT2D eigenvalue weighted by atomic mass is 35.5. The van der Waals surface area contributed by atoms with Gasteiger partial charge in [0.2, 0.25) is 0 Å². The van der Waals surface area contributed by atoms with Crippen molar-refractivity contribution in [2.75, 3.05) is 18.0 Å². The van der Waals surface area contributed by atoms with Gasteiger partial charge in [0.15, 0.2) is 11.0 Å². The highest BCUT2D eigenvalue weighted by Crippen LogP contribution is 2.30. The number of aromatic amines is 1. The maximum atomic E-state index is 11.8. The Bertz CT molecular complexity index is 958. The molecule has 8 heteroatoms. The molecule has 3 N–H and O–H groups in total. The van der Waals surface area contributed by atoms with Crippen molar-refractivity contribution in [1.29, 1.82) is 0 Å². The van der Waals surface area contributed by atoms with Crippen LogP contribution in [0.15, 0.2) is 42.6 Å². The molecular weight excluding hydrogens is 364 g/mol. The lowest BCUT2D eigenvalue weighted by molar-refractivity contribution is 0.1000. The zero-order valence-electron chi connectivity index (χ0n) is 14.6. The van der Waals surface area contributed by atoms with Crippen LogP contribution in [-0.2, 0) is 0 Å². The highest BCUT2D eigenvalue weighted by Gasteiger charge is 2.27. The molecule has 4 rings (SSSR count). The summed E-state index contributed by atoms with van der Waals surface area (Å²) in [5.74, 6) is 1.05. The number of aromatic nitrogens is 4. The van der Waals surface area contributed by atoms with Crippen LogP contribution in [0.1, 0.15) is 34.9 Å². The van der Waals surface area contributed by atoms with Crippen LogP contribution in [-0.4, -0.2) is 39.2 Å². The molecule has 1 saturated heterocycles. The summed E-state index contributed by atoms with van der Waals surface area (Å²) in [4.78, 5) is 21.8. The third kappa shape index (κ3) is 3.64. The minimum atomic E-state index is -0.562. The lowest BCUT2D eigenvalue weighted by Crippen LogP contribution is -2.37. The number of halogens is 1. The van der Waals surface area contributed by atoms with Crippen LogP contribution in [0, 0.1) is 0 Å². The van der Waals surface area contributed by atoms with E-state index in [4.69, 9.17) is 17.3 Å². The van der Waals surface area contributed by atoms with Crippen LogP contribution < -0.4 is 10.6 Å². The zero-order valence-corrected chi connectivity index (χ0v) is 15.4. The first-order valence-electron chi connectivity index (χ1n) is 8.80. The molecule has 1 aliphatic rings. The largest absolute Gasteiger partial charge is 0.365 e. The number of anilines is 1. The Kier molecular flexibility index (Phi) is 4.77. The molecule has 0 aliphatic carbocycles. The molecule has 1 aromatic carbocycles. The summed E-state index contributed by atoms with van der Waals surface area (Å²) in [5, 5.41) is 8.15. The van der Waals surface area contributed by atoms with Gasteiger partial charge >= 0.3 is 0 Å². The minimum absolute atomic E-state index is 0.152. The molecule has 1 unspecified atom stereocenters. The molecule has 7 nitrogen and oxygen atoms in total. The number of amides is 1. The molecule has 1 atom stereocenters. The smallest absolute Gasteiger partial charge is 0.252 e. The van der Waals surface area contributed by atoms with Crippen LogP contribution >= 0.6 is 11.6 Å². The molecule has 1 amide bonds. The van der Waals surface area contributed by atoms with Gasteiger partial charge in [-0.1, -0.05) is 41.9 Å². The fourth-order valence-electron chi connectivity index (χ4n) is 3.48. The number of nitrogens with two attached hydrogens (primary N) is 1. The summed E-state index contributed by atoms with van der Waals surface area (Å²) in [6.45, 7) is 1.46. The van der Waals surface area contributed by atoms with E-state index >= 15 is 0 Å². The zero-order chi connectivity index (χ0) is 18.8. The van der Waals surface area contributed by atoms with Gasteiger partial charge in [-0.2, -0.15) is 0 Å². The van der Waals surface area contributed by atoms with Crippen molar-refractivity contribution in [1.82, 2.24) is 20.2 Å². The van der Waals surface area contributed by atoms with Gasteiger partial charge in [-0.3, -0.25) is 4.79 Å². The van der Waals surface area contributed by atoms with Crippen molar-refractivity contribution in [3.05, 3.63) is 59.1 Å². The number of hydrogen-bond acceptors (Lipinski definition) is 5. The van der Waals surface area contributed by atoms with Crippen molar-refractivity contribution in [2.24, 2.45) is 5.73 Å². The van der Waals surface area contributed by atoms with E-state index in [0.29, 0.717) is 17.9 Å². The molecule has 0 radical (unpaired) electrons. The number of imidazole rings is 1. The standard InChI is InChI=1S/C19H19ClN6O/c20-16-9-14(17(21)27)19(25-24-16)26-8-4-7-13(11-26)18-22-10-15(23-18)12-5-2-1-3-6-12/h1-3,5-6,9-10,13H,4,7-8,11H2,(H2,21,27)(H,22,23). The number of primary amides is 1. The van der Waals surface area contributed by atoms with Crippen LogP contribution in [0.2, 0.25) is 5.15 Å². The van der Waals surface area contributed by atoms with Crippen molar-refractivity contribution >= 4 is 23.3 Å². The van der Waals surface area contributed by atoms with Crippen molar-refractivity contribution in [3.63, 3.8) is 0 Å². The van der Waals surface area contributed by atoms with E-state index < -0.39 is 5.91 Å². The predicted octanol–water partition coefficient (Wildman–Crippen LogP) is 3.00. The topological polar surface area (TPSA) is 101 Å². The second-order valence-electron chi connectivity index (χ2n) is 6.60. The Morgan fingerprint density at radius 2 is 2.07 bits per heavy atom. The van der Waals surface area contributed by atoms with E-state index in [9.17, 15) is 4.79 Å². The van der Waals surface area contributed by atoms with Gasteiger partial charge in [-0.15, -0.1) is 10.2 Å². The molecule has 0 spiro atoms. The van der Waals surface area contributed by atoms with Gasteiger partial charge in [0.05, 0.1) is 17.5 Å². The lowest BCUT2D eigenvalue weighted by atomic mass is 9.97. The van der Waals surface area contributed by atoms with Crippen LogP contribution in [0.4, 0.5) is 5.82 Å². The Balaban J connectivity index is 1.58. The Labute approximate surface area is 161 Å². The second kappa shape index (κ2) is 7.36. The van der Waals surface area contributed by atoms with Gasteiger partial charge < -0.3 is 15.6 Å². The van der Waals surface area contributed by atoms with Gasteiger partial charge in [-0.25, -0.2) is 4.98 Å². The number of hydrogen-bond donors (Lipinski definition) is 2. The van der Waals surface area contributed by atoms with Crippen molar-refractivity contribution in [3.8, 4) is 11.3 Å². The number of carbonyl (C=O) groups excluding carboxylic acids is 1.